The molecule has 0 aromatic heterocycles. The van der Waals surface area contributed by atoms with Crippen LogP contribution < -0.4 is 9.05 Å². The molecule has 0 spiro atoms. The molecular formula is C20H25O7P. The summed E-state index contributed by atoms with van der Waals surface area (Å²) in [6.45, 7) is -0.374. The molecule has 8 heteroatoms. The maximum absolute atomic E-state index is 13.4. The molecule has 7 nitrogen and oxygen atoms in total. The SMILES string of the molecule is O=P(CCC[C@H]1O[C@H](CO)[C@@H](O)[C@@H]1O)(Oc1ccccc1)Oc1ccccc1. The topological polar surface area (TPSA) is 105 Å². The number of aliphatic hydroxyl groups is 3. The van der Waals surface area contributed by atoms with Crippen molar-refractivity contribution in [3.63, 3.8) is 0 Å². The van der Waals surface area contributed by atoms with Crippen LogP contribution in [0.5, 0.6) is 11.5 Å². The lowest BCUT2D eigenvalue weighted by Gasteiger charge is -2.21. The lowest BCUT2D eigenvalue weighted by Crippen LogP contribution is -2.33. The molecule has 1 saturated heterocycles. The van der Waals surface area contributed by atoms with Gasteiger partial charge >= 0.3 is 7.60 Å². The highest BCUT2D eigenvalue weighted by molar-refractivity contribution is 7.54. The molecule has 0 radical (unpaired) electrons. The van der Waals surface area contributed by atoms with Gasteiger partial charge in [-0.1, -0.05) is 36.4 Å². The van der Waals surface area contributed by atoms with E-state index in [1.165, 1.54) is 0 Å². The zero-order valence-electron chi connectivity index (χ0n) is 15.3. The van der Waals surface area contributed by atoms with Crippen molar-refractivity contribution in [2.45, 2.75) is 37.3 Å². The molecule has 3 N–H and O–H groups in total. The van der Waals surface area contributed by atoms with Gasteiger partial charge < -0.3 is 29.1 Å². The summed E-state index contributed by atoms with van der Waals surface area (Å²) in [6, 6.07) is 17.6. The summed E-state index contributed by atoms with van der Waals surface area (Å²) in [5.41, 5.74) is 0. The van der Waals surface area contributed by atoms with Crippen LogP contribution in [0.2, 0.25) is 0 Å². The minimum Gasteiger partial charge on any atom is -0.416 e. The van der Waals surface area contributed by atoms with Crippen LogP contribution in [0.15, 0.2) is 60.7 Å². The summed E-state index contributed by atoms with van der Waals surface area (Å²) in [7, 11) is -3.53. The number of aliphatic hydroxyl groups excluding tert-OH is 3. The number of ether oxygens (including phenoxy) is 1. The highest BCUT2D eigenvalue weighted by atomic mass is 31.2. The second-order valence-corrected chi connectivity index (χ2v) is 8.70. The van der Waals surface area contributed by atoms with Gasteiger partial charge in [-0.2, -0.15) is 0 Å². The van der Waals surface area contributed by atoms with Gasteiger partial charge in [-0.05, 0) is 37.1 Å². The average molecular weight is 408 g/mol. The van der Waals surface area contributed by atoms with Gasteiger partial charge in [0.2, 0.25) is 0 Å². The second-order valence-electron chi connectivity index (χ2n) is 6.66. The van der Waals surface area contributed by atoms with Crippen molar-refractivity contribution in [1.82, 2.24) is 0 Å². The standard InChI is InChI=1S/C20H25O7P/c21-14-18-20(23)19(22)17(25-18)12-7-13-28(24,26-15-8-3-1-4-9-15)27-16-10-5-2-6-11-16/h1-6,8-11,17-23H,7,12-14H2/t17-,18-,19-,20-/m1/s1. The zero-order chi connectivity index (χ0) is 20.0. The van der Waals surface area contributed by atoms with Crippen molar-refractivity contribution >= 4 is 7.60 Å². The number of hydrogen-bond donors (Lipinski definition) is 3. The lowest BCUT2D eigenvalue weighted by molar-refractivity contribution is -0.0241. The van der Waals surface area contributed by atoms with E-state index in [-0.39, 0.29) is 12.8 Å². The van der Waals surface area contributed by atoms with E-state index in [2.05, 4.69) is 0 Å². The van der Waals surface area contributed by atoms with Crippen LogP contribution in [0.1, 0.15) is 12.8 Å². The van der Waals surface area contributed by atoms with Crippen LogP contribution in [0.4, 0.5) is 0 Å². The summed E-state index contributed by atoms with van der Waals surface area (Å²) in [5, 5.41) is 29.1. The lowest BCUT2D eigenvalue weighted by atomic mass is 10.1. The van der Waals surface area contributed by atoms with Crippen molar-refractivity contribution in [3.05, 3.63) is 60.7 Å². The number of para-hydroxylation sites is 2. The molecule has 28 heavy (non-hydrogen) atoms. The first kappa shape index (κ1) is 20.8. The van der Waals surface area contributed by atoms with Crippen LogP contribution in [-0.4, -0.2) is 52.5 Å². The quantitative estimate of drug-likeness (QED) is 0.548. The fourth-order valence-corrected chi connectivity index (χ4v) is 4.77. The third-order valence-corrected chi connectivity index (χ3v) is 6.38. The molecule has 2 aromatic carbocycles. The molecule has 2 aromatic rings. The first-order valence-corrected chi connectivity index (χ1v) is 10.9. The number of rotatable bonds is 9. The largest absolute Gasteiger partial charge is 0.430 e. The molecule has 1 heterocycles. The van der Waals surface area contributed by atoms with Crippen molar-refractivity contribution in [1.29, 1.82) is 0 Å². The van der Waals surface area contributed by atoms with Crippen LogP contribution in [0, 0.1) is 0 Å². The molecular weight excluding hydrogens is 383 g/mol. The normalized spacial score (nSPS) is 24.8. The molecule has 0 aliphatic carbocycles. The zero-order valence-corrected chi connectivity index (χ0v) is 16.2. The third kappa shape index (κ3) is 5.34. The van der Waals surface area contributed by atoms with Gasteiger partial charge in [0.15, 0.2) is 0 Å². The Hall–Kier alpha value is -1.89. The molecule has 1 fully saturated rings. The van der Waals surface area contributed by atoms with Gasteiger partial charge in [-0.15, -0.1) is 0 Å². The minimum atomic E-state index is -3.53. The summed E-state index contributed by atoms with van der Waals surface area (Å²) in [6.07, 6.45) is -2.87. The Morgan fingerprint density at radius 1 is 0.857 bits per heavy atom. The number of benzene rings is 2. The van der Waals surface area contributed by atoms with Gasteiger partial charge in [-0.3, -0.25) is 0 Å². The second kappa shape index (κ2) is 9.54. The molecule has 1 aliphatic rings. The van der Waals surface area contributed by atoms with E-state index >= 15 is 0 Å². The predicted octanol–water partition coefficient (Wildman–Crippen LogP) is 2.60. The summed E-state index contributed by atoms with van der Waals surface area (Å²) in [5.74, 6) is 0.879. The molecule has 0 amide bonds. The van der Waals surface area contributed by atoms with Crippen LogP contribution >= 0.6 is 7.60 Å². The third-order valence-electron chi connectivity index (χ3n) is 4.54. The molecule has 0 unspecified atom stereocenters. The Bertz CT molecular complexity index is 725. The molecule has 4 atom stereocenters. The molecule has 3 rings (SSSR count). The van der Waals surface area contributed by atoms with E-state index in [4.69, 9.17) is 13.8 Å². The summed E-state index contributed by atoms with van der Waals surface area (Å²) >= 11 is 0. The Morgan fingerprint density at radius 3 is 1.82 bits per heavy atom. The Morgan fingerprint density at radius 2 is 1.36 bits per heavy atom. The van der Waals surface area contributed by atoms with E-state index in [1.807, 2.05) is 12.1 Å². The smallest absolute Gasteiger partial charge is 0.416 e. The van der Waals surface area contributed by atoms with Crippen LogP contribution in [0.3, 0.4) is 0 Å². The van der Waals surface area contributed by atoms with Gasteiger partial charge in [0.1, 0.15) is 29.8 Å². The van der Waals surface area contributed by atoms with Crippen molar-refractivity contribution in [2.24, 2.45) is 0 Å². The van der Waals surface area contributed by atoms with E-state index in [0.29, 0.717) is 24.3 Å². The van der Waals surface area contributed by atoms with E-state index < -0.39 is 32.0 Å². The van der Waals surface area contributed by atoms with E-state index in [0.717, 1.165) is 0 Å². The van der Waals surface area contributed by atoms with Crippen molar-refractivity contribution in [2.75, 3.05) is 12.8 Å². The molecule has 1 aliphatic heterocycles. The van der Waals surface area contributed by atoms with Crippen LogP contribution in [-0.2, 0) is 9.30 Å². The maximum atomic E-state index is 13.4. The maximum Gasteiger partial charge on any atom is 0.430 e. The molecule has 0 saturated carbocycles. The summed E-state index contributed by atoms with van der Waals surface area (Å²) < 4.78 is 30.2. The number of hydrogen-bond acceptors (Lipinski definition) is 7. The van der Waals surface area contributed by atoms with Gasteiger partial charge in [-0.25, -0.2) is 4.57 Å². The van der Waals surface area contributed by atoms with Crippen molar-refractivity contribution in [3.8, 4) is 11.5 Å². The highest BCUT2D eigenvalue weighted by Crippen LogP contribution is 2.49. The Balaban J connectivity index is 1.65. The Labute approximate surface area is 164 Å². The van der Waals surface area contributed by atoms with Crippen molar-refractivity contribution < 1.29 is 33.7 Å². The van der Waals surface area contributed by atoms with Crippen LogP contribution in [0.25, 0.3) is 0 Å². The monoisotopic (exact) mass is 408 g/mol. The van der Waals surface area contributed by atoms with E-state index in [9.17, 15) is 19.9 Å². The average Bonchev–Trinajstić information content (AvgIpc) is 2.97. The fourth-order valence-electron chi connectivity index (χ4n) is 3.10. The first-order chi connectivity index (χ1) is 13.5. The van der Waals surface area contributed by atoms with E-state index in [1.54, 1.807) is 48.5 Å². The highest BCUT2D eigenvalue weighted by Gasteiger charge is 2.42. The van der Waals surface area contributed by atoms with Gasteiger partial charge in [0.25, 0.3) is 0 Å². The van der Waals surface area contributed by atoms with Gasteiger partial charge in [0.05, 0.1) is 18.9 Å². The first-order valence-electron chi connectivity index (χ1n) is 9.21. The Kier molecular flexibility index (Phi) is 7.10. The predicted molar refractivity (Wildman–Crippen MR) is 104 cm³/mol. The molecule has 0 bridgehead atoms. The fraction of sp³-hybridized carbons (Fsp3) is 0.400. The minimum absolute atomic E-state index is 0.100. The molecule has 152 valence electrons. The van der Waals surface area contributed by atoms with Gasteiger partial charge in [0, 0.05) is 0 Å². The summed E-state index contributed by atoms with van der Waals surface area (Å²) in [4.78, 5) is 0.